The van der Waals surface area contributed by atoms with Gasteiger partial charge in [0.1, 0.15) is 0 Å². The van der Waals surface area contributed by atoms with Crippen molar-refractivity contribution in [3.05, 3.63) is 57.6 Å². The van der Waals surface area contributed by atoms with E-state index in [1.807, 2.05) is 26.0 Å². The van der Waals surface area contributed by atoms with Crippen molar-refractivity contribution in [1.82, 2.24) is 0 Å². The third-order valence-corrected chi connectivity index (χ3v) is 3.51. The van der Waals surface area contributed by atoms with Crippen molar-refractivity contribution >= 4 is 40.5 Å². The number of nitrogens with one attached hydrogen (secondary N) is 2. The van der Waals surface area contributed by atoms with Crippen LogP contribution in [0, 0.1) is 6.92 Å². The van der Waals surface area contributed by atoms with Crippen LogP contribution < -0.4 is 10.6 Å². The molecule has 0 unspecified atom stereocenters. The Morgan fingerprint density at radius 3 is 2.52 bits per heavy atom. The second-order valence-electron chi connectivity index (χ2n) is 4.66. The average molecular weight is 323 g/mol. The fraction of sp³-hybridized carbons (Fsp3) is 0.188. The van der Waals surface area contributed by atoms with E-state index in [0.29, 0.717) is 21.3 Å². The predicted molar refractivity (Wildman–Crippen MR) is 89.8 cm³/mol. The van der Waals surface area contributed by atoms with Gasteiger partial charge in [0, 0.05) is 17.3 Å². The van der Waals surface area contributed by atoms with Crippen molar-refractivity contribution < 1.29 is 4.79 Å². The summed E-state index contributed by atoms with van der Waals surface area (Å²) in [4.78, 5) is 12.4. The molecule has 1 amide bonds. The van der Waals surface area contributed by atoms with Gasteiger partial charge in [-0.05, 0) is 49.7 Å². The maximum absolute atomic E-state index is 12.4. The van der Waals surface area contributed by atoms with E-state index in [1.54, 1.807) is 24.3 Å². The number of hydrogen-bond donors (Lipinski definition) is 2. The van der Waals surface area contributed by atoms with Crippen LogP contribution in [0.1, 0.15) is 22.8 Å². The number of anilines is 2. The first-order valence-electron chi connectivity index (χ1n) is 6.62. The molecule has 0 saturated heterocycles. The maximum atomic E-state index is 12.4. The molecule has 0 radical (unpaired) electrons. The zero-order valence-corrected chi connectivity index (χ0v) is 13.3. The van der Waals surface area contributed by atoms with Crippen molar-refractivity contribution in [2.45, 2.75) is 13.8 Å². The van der Waals surface area contributed by atoms with E-state index >= 15 is 0 Å². The van der Waals surface area contributed by atoms with Gasteiger partial charge in [0.25, 0.3) is 5.91 Å². The summed E-state index contributed by atoms with van der Waals surface area (Å²) in [5, 5.41) is 6.93. The molecule has 0 spiro atoms. The van der Waals surface area contributed by atoms with E-state index < -0.39 is 0 Å². The molecule has 21 heavy (non-hydrogen) atoms. The van der Waals surface area contributed by atoms with Gasteiger partial charge in [0.2, 0.25) is 0 Å². The molecule has 2 aromatic rings. The molecule has 110 valence electrons. The molecule has 2 N–H and O–H groups in total. The van der Waals surface area contributed by atoms with Crippen LogP contribution in [0.3, 0.4) is 0 Å². The fourth-order valence-corrected chi connectivity index (χ4v) is 2.43. The quantitative estimate of drug-likeness (QED) is 0.832. The normalized spacial score (nSPS) is 10.3. The highest BCUT2D eigenvalue weighted by molar-refractivity contribution is 6.36. The van der Waals surface area contributed by atoms with E-state index in [1.165, 1.54) is 0 Å². The standard InChI is InChI=1S/C16H16Cl2N2O/c1-3-19-15-8-10(2)4-6-12(15)16(21)20-14-7-5-11(17)9-13(14)18/h4-9,19H,3H2,1-2H3,(H,20,21). The summed E-state index contributed by atoms with van der Waals surface area (Å²) in [5.74, 6) is -0.213. The first-order chi connectivity index (χ1) is 10.0. The summed E-state index contributed by atoms with van der Waals surface area (Å²) in [5.41, 5.74) is 3.01. The van der Waals surface area contributed by atoms with Gasteiger partial charge in [0.05, 0.1) is 16.3 Å². The summed E-state index contributed by atoms with van der Waals surface area (Å²) < 4.78 is 0. The number of aryl methyl sites for hydroxylation is 1. The predicted octanol–water partition coefficient (Wildman–Crippen LogP) is 4.99. The zero-order valence-electron chi connectivity index (χ0n) is 11.8. The molecule has 0 aliphatic rings. The molecule has 0 aromatic heterocycles. The van der Waals surface area contributed by atoms with E-state index in [9.17, 15) is 4.79 Å². The van der Waals surface area contributed by atoms with Gasteiger partial charge in [-0.25, -0.2) is 0 Å². The van der Waals surface area contributed by atoms with Gasteiger partial charge in [-0.3, -0.25) is 4.79 Å². The average Bonchev–Trinajstić information content (AvgIpc) is 2.42. The molecule has 0 bridgehead atoms. The topological polar surface area (TPSA) is 41.1 Å². The van der Waals surface area contributed by atoms with Gasteiger partial charge in [-0.2, -0.15) is 0 Å². The minimum atomic E-state index is -0.213. The van der Waals surface area contributed by atoms with Crippen LogP contribution in [0.5, 0.6) is 0 Å². The van der Waals surface area contributed by atoms with Crippen LogP contribution in [0.2, 0.25) is 10.0 Å². The molecule has 0 heterocycles. The molecular formula is C16H16Cl2N2O. The highest BCUT2D eigenvalue weighted by atomic mass is 35.5. The Balaban J connectivity index is 2.28. The number of carbonyl (C=O) groups is 1. The van der Waals surface area contributed by atoms with Gasteiger partial charge in [-0.15, -0.1) is 0 Å². The van der Waals surface area contributed by atoms with E-state index in [4.69, 9.17) is 23.2 Å². The third-order valence-electron chi connectivity index (χ3n) is 2.97. The van der Waals surface area contributed by atoms with Gasteiger partial charge >= 0.3 is 0 Å². The van der Waals surface area contributed by atoms with Crippen LogP contribution in [0.25, 0.3) is 0 Å². The molecule has 0 atom stereocenters. The van der Waals surface area contributed by atoms with Gasteiger partial charge < -0.3 is 10.6 Å². The number of benzene rings is 2. The Kier molecular flexibility index (Phi) is 5.10. The summed E-state index contributed by atoms with van der Waals surface area (Å²) in [7, 11) is 0. The molecule has 2 rings (SSSR count). The SMILES string of the molecule is CCNc1cc(C)ccc1C(=O)Nc1ccc(Cl)cc1Cl. The van der Waals surface area contributed by atoms with Crippen LogP contribution in [0.4, 0.5) is 11.4 Å². The summed E-state index contributed by atoms with van der Waals surface area (Å²) in [6.07, 6.45) is 0. The number of rotatable bonds is 4. The lowest BCUT2D eigenvalue weighted by Crippen LogP contribution is -2.15. The molecule has 3 nitrogen and oxygen atoms in total. The van der Waals surface area contributed by atoms with Gasteiger partial charge in [0.15, 0.2) is 0 Å². The summed E-state index contributed by atoms with van der Waals surface area (Å²) in [6.45, 7) is 4.71. The molecule has 0 saturated carbocycles. The second kappa shape index (κ2) is 6.83. The van der Waals surface area contributed by atoms with E-state index in [2.05, 4.69) is 10.6 Å². The first-order valence-corrected chi connectivity index (χ1v) is 7.37. The Bertz CT molecular complexity index is 671. The largest absolute Gasteiger partial charge is 0.385 e. The smallest absolute Gasteiger partial charge is 0.257 e. The van der Waals surface area contributed by atoms with Crippen LogP contribution in [-0.2, 0) is 0 Å². The van der Waals surface area contributed by atoms with Crippen LogP contribution in [0.15, 0.2) is 36.4 Å². The van der Waals surface area contributed by atoms with Crippen molar-refractivity contribution in [3.63, 3.8) is 0 Å². The Morgan fingerprint density at radius 1 is 1.10 bits per heavy atom. The Labute approximate surface area is 134 Å². The van der Waals surface area contributed by atoms with Crippen molar-refractivity contribution in [1.29, 1.82) is 0 Å². The van der Waals surface area contributed by atoms with Crippen LogP contribution in [-0.4, -0.2) is 12.5 Å². The highest BCUT2D eigenvalue weighted by Gasteiger charge is 2.13. The highest BCUT2D eigenvalue weighted by Crippen LogP contribution is 2.27. The number of amides is 1. The summed E-state index contributed by atoms with van der Waals surface area (Å²) >= 11 is 11.9. The van der Waals surface area contributed by atoms with Crippen molar-refractivity contribution in [2.75, 3.05) is 17.2 Å². The van der Waals surface area contributed by atoms with Crippen molar-refractivity contribution in [3.8, 4) is 0 Å². The molecule has 0 aliphatic carbocycles. The van der Waals surface area contributed by atoms with Crippen molar-refractivity contribution in [2.24, 2.45) is 0 Å². The first kappa shape index (κ1) is 15.7. The number of hydrogen-bond acceptors (Lipinski definition) is 2. The Morgan fingerprint density at radius 2 is 1.86 bits per heavy atom. The monoisotopic (exact) mass is 322 g/mol. The minimum absolute atomic E-state index is 0.213. The maximum Gasteiger partial charge on any atom is 0.257 e. The molecule has 0 fully saturated rings. The zero-order chi connectivity index (χ0) is 15.4. The number of halogens is 2. The minimum Gasteiger partial charge on any atom is -0.385 e. The molecule has 5 heteroatoms. The van der Waals surface area contributed by atoms with E-state index in [0.717, 1.165) is 17.8 Å². The van der Waals surface area contributed by atoms with Crippen LogP contribution >= 0.6 is 23.2 Å². The second-order valence-corrected chi connectivity index (χ2v) is 5.50. The van der Waals surface area contributed by atoms with E-state index in [-0.39, 0.29) is 5.91 Å². The number of carbonyl (C=O) groups excluding carboxylic acids is 1. The Hall–Kier alpha value is -1.71. The summed E-state index contributed by atoms with van der Waals surface area (Å²) in [6, 6.07) is 10.6. The molecule has 0 aliphatic heterocycles. The van der Waals surface area contributed by atoms with Gasteiger partial charge in [-0.1, -0.05) is 29.3 Å². The lowest BCUT2D eigenvalue weighted by Gasteiger charge is -2.13. The fourth-order valence-electron chi connectivity index (χ4n) is 1.97. The lowest BCUT2D eigenvalue weighted by atomic mass is 10.1. The molecular weight excluding hydrogens is 307 g/mol. The lowest BCUT2D eigenvalue weighted by molar-refractivity contribution is 0.102. The molecule has 2 aromatic carbocycles. The third kappa shape index (κ3) is 3.90.